The quantitative estimate of drug-likeness (QED) is 0.500. The van der Waals surface area contributed by atoms with Crippen molar-refractivity contribution >= 4 is 29.0 Å². The maximum Gasteiger partial charge on any atom is 0.271 e. The number of aromatic hydroxyl groups is 1. The summed E-state index contributed by atoms with van der Waals surface area (Å²) in [6, 6.07) is 12.3. The fraction of sp³-hybridized carbons (Fsp3) is 0.133. The summed E-state index contributed by atoms with van der Waals surface area (Å²) in [4.78, 5) is 23.2. The first-order valence-corrected chi connectivity index (χ1v) is 7.34. The number of nitro groups is 1. The van der Waals surface area contributed by atoms with E-state index in [0.717, 1.165) is 4.90 Å². The molecule has 0 spiro atoms. The van der Waals surface area contributed by atoms with Crippen molar-refractivity contribution in [3.63, 3.8) is 0 Å². The zero-order chi connectivity index (χ0) is 16.1. The lowest BCUT2D eigenvalue weighted by molar-refractivity contribution is -0.384. The maximum atomic E-state index is 12.1. The number of carbonyl (C=O) groups excluding carboxylic acids is 1. The molecule has 0 saturated carbocycles. The number of carbonyl (C=O) groups is 1. The van der Waals surface area contributed by atoms with Crippen LogP contribution in [-0.4, -0.2) is 21.2 Å². The molecule has 0 fully saturated rings. The lowest BCUT2D eigenvalue weighted by Crippen LogP contribution is -2.22. The van der Waals surface area contributed by atoms with Gasteiger partial charge in [-0.2, -0.15) is 0 Å². The van der Waals surface area contributed by atoms with Crippen LogP contribution in [0.3, 0.4) is 0 Å². The summed E-state index contributed by atoms with van der Waals surface area (Å²) in [7, 11) is 0. The molecular formula is C15H14N2O4S. The fourth-order valence-electron chi connectivity index (χ4n) is 1.72. The number of nitrogens with zero attached hydrogens (tertiary/aromatic N) is 1. The van der Waals surface area contributed by atoms with E-state index < -0.39 is 4.92 Å². The molecule has 0 heterocycles. The first-order valence-electron chi connectivity index (χ1n) is 6.47. The molecule has 114 valence electrons. The molecule has 22 heavy (non-hydrogen) atoms. The summed E-state index contributed by atoms with van der Waals surface area (Å²) in [5.41, 5.74) is 0.314. The number of nitrogens with one attached hydrogen (secondary N) is 1. The minimum Gasteiger partial charge on any atom is -0.508 e. The molecule has 6 nitrogen and oxygen atoms in total. The van der Waals surface area contributed by atoms with E-state index >= 15 is 0 Å². The minimum atomic E-state index is -0.510. The highest BCUT2D eigenvalue weighted by atomic mass is 32.2. The van der Waals surface area contributed by atoms with Gasteiger partial charge >= 0.3 is 0 Å². The summed E-state index contributed by atoms with van der Waals surface area (Å²) >= 11 is 1.33. The Morgan fingerprint density at radius 1 is 1.27 bits per heavy atom. The standard InChI is InChI=1S/C15H14N2O4S/c1-10(22-14-7-5-13(18)6-8-14)15(19)16-11-3-2-4-12(9-11)17(20)21/h2-10,18H,1H3,(H,16,19). The second-order valence-corrected chi connectivity index (χ2v) is 5.96. The first kappa shape index (κ1) is 15.8. The second-order valence-electron chi connectivity index (χ2n) is 4.55. The van der Waals surface area contributed by atoms with E-state index in [1.807, 2.05) is 0 Å². The van der Waals surface area contributed by atoms with Gasteiger partial charge in [-0.05, 0) is 37.3 Å². The van der Waals surface area contributed by atoms with E-state index in [-0.39, 0.29) is 22.6 Å². The van der Waals surface area contributed by atoms with E-state index in [1.165, 1.54) is 30.0 Å². The molecule has 2 aromatic rings. The topological polar surface area (TPSA) is 92.5 Å². The molecule has 1 atom stereocenters. The van der Waals surface area contributed by atoms with Crippen molar-refractivity contribution in [2.75, 3.05) is 5.32 Å². The molecule has 0 bridgehead atoms. The van der Waals surface area contributed by atoms with E-state index in [2.05, 4.69) is 5.32 Å². The number of nitro benzene ring substituents is 1. The molecule has 1 amide bonds. The highest BCUT2D eigenvalue weighted by Crippen LogP contribution is 2.26. The summed E-state index contributed by atoms with van der Waals surface area (Å²) < 4.78 is 0. The zero-order valence-corrected chi connectivity index (χ0v) is 12.5. The number of hydrogen-bond acceptors (Lipinski definition) is 5. The molecule has 2 rings (SSSR count). The van der Waals surface area contributed by atoms with Gasteiger partial charge in [-0.25, -0.2) is 0 Å². The summed E-state index contributed by atoms with van der Waals surface area (Å²) in [5, 5.41) is 22.2. The molecule has 2 aromatic carbocycles. The number of non-ortho nitro benzene ring substituents is 1. The molecule has 0 aliphatic rings. The van der Waals surface area contributed by atoms with Crippen LogP contribution in [0.15, 0.2) is 53.4 Å². The molecule has 0 aliphatic heterocycles. The Balaban J connectivity index is 2.00. The van der Waals surface area contributed by atoms with Gasteiger partial charge in [-0.3, -0.25) is 14.9 Å². The van der Waals surface area contributed by atoms with Crippen molar-refractivity contribution in [3.05, 3.63) is 58.6 Å². The Hall–Kier alpha value is -2.54. The van der Waals surface area contributed by atoms with Crippen LogP contribution in [0.1, 0.15) is 6.92 Å². The third kappa shape index (κ3) is 4.23. The SMILES string of the molecule is CC(Sc1ccc(O)cc1)C(=O)Nc1cccc([N+](=O)[O-])c1. The average Bonchev–Trinajstić information content (AvgIpc) is 2.49. The molecule has 0 saturated heterocycles. The van der Waals surface area contributed by atoms with Gasteiger partial charge in [-0.1, -0.05) is 6.07 Å². The smallest absolute Gasteiger partial charge is 0.271 e. The number of amides is 1. The second kappa shape index (κ2) is 6.95. The summed E-state index contributed by atoms with van der Waals surface area (Å²) in [6.07, 6.45) is 0. The molecule has 0 aliphatic carbocycles. The van der Waals surface area contributed by atoms with Gasteiger partial charge in [0.15, 0.2) is 0 Å². The van der Waals surface area contributed by atoms with Gasteiger partial charge < -0.3 is 10.4 Å². The van der Waals surface area contributed by atoms with Crippen LogP contribution in [0.5, 0.6) is 5.75 Å². The highest BCUT2D eigenvalue weighted by molar-refractivity contribution is 8.00. The van der Waals surface area contributed by atoms with Crippen LogP contribution >= 0.6 is 11.8 Å². The van der Waals surface area contributed by atoms with E-state index in [9.17, 15) is 20.0 Å². The number of phenolic OH excluding ortho intramolecular Hbond substituents is 1. The van der Waals surface area contributed by atoms with Crippen molar-refractivity contribution in [1.82, 2.24) is 0 Å². The highest BCUT2D eigenvalue weighted by Gasteiger charge is 2.15. The van der Waals surface area contributed by atoms with Crippen LogP contribution < -0.4 is 5.32 Å². The van der Waals surface area contributed by atoms with Crippen LogP contribution in [-0.2, 0) is 4.79 Å². The van der Waals surface area contributed by atoms with Gasteiger partial charge in [0.1, 0.15) is 5.75 Å². The minimum absolute atomic E-state index is 0.0726. The van der Waals surface area contributed by atoms with Crippen molar-refractivity contribution in [2.45, 2.75) is 17.1 Å². The van der Waals surface area contributed by atoms with Crippen LogP contribution in [0.2, 0.25) is 0 Å². The summed E-state index contributed by atoms with van der Waals surface area (Å²) in [6.45, 7) is 1.74. The third-order valence-corrected chi connectivity index (χ3v) is 3.96. The molecule has 7 heteroatoms. The van der Waals surface area contributed by atoms with E-state index in [1.54, 1.807) is 37.3 Å². The third-order valence-electron chi connectivity index (χ3n) is 2.84. The van der Waals surface area contributed by atoms with Gasteiger partial charge in [0, 0.05) is 22.7 Å². The largest absolute Gasteiger partial charge is 0.508 e. The Morgan fingerprint density at radius 3 is 2.59 bits per heavy atom. The number of rotatable bonds is 5. The lowest BCUT2D eigenvalue weighted by atomic mass is 10.2. The Kier molecular flexibility index (Phi) is 5.00. The fourth-order valence-corrected chi connectivity index (χ4v) is 2.59. The first-order chi connectivity index (χ1) is 10.5. The lowest BCUT2D eigenvalue weighted by Gasteiger charge is -2.12. The van der Waals surface area contributed by atoms with E-state index in [0.29, 0.717) is 5.69 Å². The van der Waals surface area contributed by atoms with Gasteiger partial charge in [0.05, 0.1) is 10.2 Å². The Bertz CT molecular complexity index is 688. The monoisotopic (exact) mass is 318 g/mol. The number of anilines is 1. The average molecular weight is 318 g/mol. The number of benzene rings is 2. The molecular weight excluding hydrogens is 304 g/mol. The number of hydrogen-bond donors (Lipinski definition) is 2. The van der Waals surface area contributed by atoms with Crippen LogP contribution in [0, 0.1) is 10.1 Å². The zero-order valence-electron chi connectivity index (χ0n) is 11.7. The van der Waals surface area contributed by atoms with Gasteiger partial charge in [0.2, 0.25) is 5.91 Å². The van der Waals surface area contributed by atoms with E-state index in [4.69, 9.17) is 0 Å². The predicted molar refractivity (Wildman–Crippen MR) is 85.2 cm³/mol. The van der Waals surface area contributed by atoms with Gasteiger partial charge in [0.25, 0.3) is 5.69 Å². The molecule has 2 N–H and O–H groups in total. The van der Waals surface area contributed by atoms with Gasteiger partial charge in [-0.15, -0.1) is 11.8 Å². The van der Waals surface area contributed by atoms with Crippen molar-refractivity contribution in [1.29, 1.82) is 0 Å². The Morgan fingerprint density at radius 2 is 1.95 bits per heavy atom. The van der Waals surface area contributed by atoms with Crippen LogP contribution in [0.25, 0.3) is 0 Å². The van der Waals surface area contributed by atoms with Crippen molar-refractivity contribution in [3.8, 4) is 5.75 Å². The molecule has 0 aromatic heterocycles. The Labute approximate surface area is 131 Å². The van der Waals surface area contributed by atoms with Crippen molar-refractivity contribution in [2.24, 2.45) is 0 Å². The van der Waals surface area contributed by atoms with Crippen molar-refractivity contribution < 1.29 is 14.8 Å². The number of phenols is 1. The van der Waals surface area contributed by atoms with Crippen LogP contribution in [0.4, 0.5) is 11.4 Å². The molecule has 0 radical (unpaired) electrons. The normalized spacial score (nSPS) is 11.7. The summed E-state index contributed by atoms with van der Waals surface area (Å²) in [5.74, 6) is -0.0865. The molecule has 1 unspecified atom stereocenters. The predicted octanol–water partition coefficient (Wildman–Crippen LogP) is 3.42. The maximum absolute atomic E-state index is 12.1. The number of thioether (sulfide) groups is 1.